The maximum absolute atomic E-state index is 13.0. The van der Waals surface area contributed by atoms with Gasteiger partial charge in [-0.3, -0.25) is 0 Å². The normalized spacial score (nSPS) is 27.1. The number of likely N-dealkylation sites (N-methyl/N-ethyl adjacent to an activating group) is 1. The molecule has 1 atom stereocenters. The van der Waals surface area contributed by atoms with Crippen LogP contribution in [0.2, 0.25) is 0 Å². The Morgan fingerprint density at radius 3 is 2.39 bits per heavy atom. The standard InChI is InChI=1S/C18H28N4O4S2/c1-21-9-11-22(12-10-21)28(25,26)15-7-8-16-17(13-15)27(23,24)20-18(19-16)14-5-3-2-4-6-14/h7-8,13-14,18-20H,2-6,9-12H2,1H3. The number of benzene rings is 1. The molecule has 156 valence electrons. The smallest absolute Gasteiger partial charge is 0.244 e. The Bertz CT molecular complexity index is 934. The van der Waals surface area contributed by atoms with Gasteiger partial charge in [0, 0.05) is 26.2 Å². The predicted octanol–water partition coefficient (Wildman–Crippen LogP) is 1.23. The van der Waals surface area contributed by atoms with Crippen LogP contribution in [0.5, 0.6) is 0 Å². The molecular formula is C18H28N4O4S2. The van der Waals surface area contributed by atoms with Crippen LogP contribution in [0.4, 0.5) is 5.69 Å². The quantitative estimate of drug-likeness (QED) is 0.751. The third-order valence-electron chi connectivity index (χ3n) is 6.06. The second kappa shape index (κ2) is 7.56. The summed E-state index contributed by atoms with van der Waals surface area (Å²) < 4.78 is 55.8. The molecule has 2 N–H and O–H groups in total. The molecule has 0 aromatic heterocycles. The van der Waals surface area contributed by atoms with Crippen molar-refractivity contribution >= 4 is 25.7 Å². The molecule has 1 aromatic carbocycles. The highest BCUT2D eigenvalue weighted by atomic mass is 32.2. The molecule has 28 heavy (non-hydrogen) atoms. The summed E-state index contributed by atoms with van der Waals surface area (Å²) in [6, 6.07) is 4.39. The third-order valence-corrected chi connectivity index (χ3v) is 9.43. The second-order valence-corrected chi connectivity index (χ2v) is 11.6. The molecule has 2 aliphatic heterocycles. The summed E-state index contributed by atoms with van der Waals surface area (Å²) in [5.74, 6) is 0.255. The van der Waals surface area contributed by atoms with E-state index >= 15 is 0 Å². The maximum Gasteiger partial charge on any atom is 0.244 e. The Hall–Kier alpha value is -1.20. The van der Waals surface area contributed by atoms with Gasteiger partial charge in [0.05, 0.1) is 16.7 Å². The number of rotatable bonds is 3. The fraction of sp³-hybridized carbons (Fsp3) is 0.667. The van der Waals surface area contributed by atoms with Crippen LogP contribution < -0.4 is 10.0 Å². The number of fused-ring (bicyclic) bond motifs is 1. The Labute approximate surface area is 167 Å². The van der Waals surface area contributed by atoms with E-state index in [2.05, 4.69) is 14.9 Å². The first-order valence-electron chi connectivity index (χ1n) is 9.89. The van der Waals surface area contributed by atoms with Crippen molar-refractivity contribution in [3.05, 3.63) is 18.2 Å². The van der Waals surface area contributed by atoms with Crippen LogP contribution in [0.1, 0.15) is 32.1 Å². The lowest BCUT2D eigenvalue weighted by Gasteiger charge is -2.36. The number of nitrogens with one attached hydrogen (secondary N) is 2. The van der Waals surface area contributed by atoms with Gasteiger partial charge in [-0.25, -0.2) is 16.8 Å². The number of nitrogens with zero attached hydrogens (tertiary/aromatic N) is 2. The minimum atomic E-state index is -3.77. The molecule has 10 heteroatoms. The minimum Gasteiger partial charge on any atom is -0.368 e. The van der Waals surface area contributed by atoms with E-state index in [1.807, 2.05) is 7.05 Å². The number of hydrogen-bond donors (Lipinski definition) is 2. The Morgan fingerprint density at radius 2 is 1.71 bits per heavy atom. The van der Waals surface area contributed by atoms with Gasteiger partial charge in [-0.1, -0.05) is 19.3 Å². The van der Waals surface area contributed by atoms with Crippen LogP contribution in [0.15, 0.2) is 28.0 Å². The summed E-state index contributed by atoms with van der Waals surface area (Å²) in [4.78, 5) is 2.11. The minimum absolute atomic E-state index is 0.00904. The Kier molecular flexibility index (Phi) is 5.43. The van der Waals surface area contributed by atoms with Gasteiger partial charge >= 0.3 is 0 Å². The zero-order chi connectivity index (χ0) is 19.9. The van der Waals surface area contributed by atoms with Crippen LogP contribution in [0.25, 0.3) is 0 Å². The fourth-order valence-corrected chi connectivity index (χ4v) is 7.23. The Balaban J connectivity index is 1.62. The van der Waals surface area contributed by atoms with E-state index in [0.29, 0.717) is 31.9 Å². The lowest BCUT2D eigenvalue weighted by Crippen LogP contribution is -2.49. The summed E-state index contributed by atoms with van der Waals surface area (Å²) in [5, 5.41) is 3.28. The van der Waals surface area contributed by atoms with Crippen LogP contribution in [0.3, 0.4) is 0 Å². The summed E-state index contributed by atoms with van der Waals surface area (Å²) in [5.41, 5.74) is 0.478. The molecule has 1 saturated heterocycles. The lowest BCUT2D eigenvalue weighted by atomic mass is 9.87. The molecule has 0 spiro atoms. The highest BCUT2D eigenvalue weighted by molar-refractivity contribution is 7.90. The van der Waals surface area contributed by atoms with Gasteiger partial charge in [-0.15, -0.1) is 0 Å². The molecular weight excluding hydrogens is 400 g/mol. The van der Waals surface area contributed by atoms with Gasteiger partial charge in [0.25, 0.3) is 0 Å². The predicted molar refractivity (Wildman–Crippen MR) is 107 cm³/mol. The summed E-state index contributed by atoms with van der Waals surface area (Å²) >= 11 is 0. The first-order chi connectivity index (χ1) is 13.3. The van der Waals surface area contributed by atoms with Crippen molar-refractivity contribution < 1.29 is 16.8 Å². The van der Waals surface area contributed by atoms with Gasteiger partial charge < -0.3 is 10.2 Å². The average Bonchev–Trinajstić information content (AvgIpc) is 2.68. The van der Waals surface area contributed by atoms with E-state index in [4.69, 9.17) is 0 Å². The van der Waals surface area contributed by atoms with Crippen molar-refractivity contribution in [3.8, 4) is 0 Å². The molecule has 1 aliphatic carbocycles. The van der Waals surface area contributed by atoms with E-state index in [1.54, 1.807) is 6.07 Å². The zero-order valence-electron chi connectivity index (χ0n) is 16.1. The number of anilines is 1. The van der Waals surface area contributed by atoms with Gasteiger partial charge in [0.1, 0.15) is 4.90 Å². The van der Waals surface area contributed by atoms with Crippen molar-refractivity contribution in [2.45, 2.75) is 48.1 Å². The molecule has 4 rings (SSSR count). The first-order valence-corrected chi connectivity index (χ1v) is 12.8. The van der Waals surface area contributed by atoms with E-state index in [0.717, 1.165) is 25.7 Å². The molecule has 0 amide bonds. The molecule has 0 bridgehead atoms. The van der Waals surface area contributed by atoms with Crippen molar-refractivity contribution in [2.75, 3.05) is 38.5 Å². The molecule has 2 heterocycles. The van der Waals surface area contributed by atoms with Crippen LogP contribution in [0, 0.1) is 5.92 Å². The van der Waals surface area contributed by atoms with E-state index in [-0.39, 0.29) is 21.9 Å². The largest absolute Gasteiger partial charge is 0.368 e. The molecule has 0 radical (unpaired) electrons. The van der Waals surface area contributed by atoms with Crippen molar-refractivity contribution in [3.63, 3.8) is 0 Å². The molecule has 2 fully saturated rings. The van der Waals surface area contributed by atoms with Crippen molar-refractivity contribution in [1.29, 1.82) is 0 Å². The average molecular weight is 429 g/mol. The van der Waals surface area contributed by atoms with Crippen LogP contribution in [-0.4, -0.2) is 65.4 Å². The monoisotopic (exact) mass is 428 g/mol. The SMILES string of the molecule is CN1CCN(S(=O)(=O)c2ccc3c(c2)S(=O)(=O)NC(C2CCCCC2)N3)CC1. The highest BCUT2D eigenvalue weighted by Crippen LogP contribution is 2.34. The molecule has 3 aliphatic rings. The summed E-state index contributed by atoms with van der Waals surface area (Å²) in [7, 11) is -5.53. The lowest BCUT2D eigenvalue weighted by molar-refractivity contribution is 0.222. The van der Waals surface area contributed by atoms with Gasteiger partial charge in [-0.2, -0.15) is 9.03 Å². The first kappa shape index (κ1) is 20.1. The van der Waals surface area contributed by atoms with Crippen LogP contribution in [-0.2, 0) is 20.0 Å². The summed E-state index contributed by atoms with van der Waals surface area (Å²) in [6.07, 6.45) is 5.06. The van der Waals surface area contributed by atoms with Gasteiger partial charge in [0.2, 0.25) is 20.0 Å². The maximum atomic E-state index is 13.0. The summed E-state index contributed by atoms with van der Waals surface area (Å²) in [6.45, 7) is 2.13. The second-order valence-electron chi connectivity index (χ2n) is 8.01. The molecule has 1 unspecified atom stereocenters. The van der Waals surface area contributed by atoms with E-state index in [9.17, 15) is 16.8 Å². The number of piperazine rings is 1. The molecule has 8 nitrogen and oxygen atoms in total. The van der Waals surface area contributed by atoms with Gasteiger partial charge in [-0.05, 0) is 44.0 Å². The van der Waals surface area contributed by atoms with E-state index in [1.165, 1.54) is 22.9 Å². The number of sulfonamides is 2. The molecule has 1 saturated carbocycles. The van der Waals surface area contributed by atoms with Crippen LogP contribution >= 0.6 is 0 Å². The third kappa shape index (κ3) is 3.80. The van der Waals surface area contributed by atoms with Crippen molar-refractivity contribution in [2.24, 2.45) is 5.92 Å². The van der Waals surface area contributed by atoms with E-state index < -0.39 is 20.0 Å². The fourth-order valence-electron chi connectivity index (χ4n) is 4.29. The highest BCUT2D eigenvalue weighted by Gasteiger charge is 2.36. The Morgan fingerprint density at radius 1 is 1.04 bits per heavy atom. The van der Waals surface area contributed by atoms with Gasteiger partial charge in [0.15, 0.2) is 0 Å². The zero-order valence-corrected chi connectivity index (χ0v) is 17.7. The topological polar surface area (TPSA) is 98.8 Å². The van der Waals surface area contributed by atoms with Crippen molar-refractivity contribution in [1.82, 2.24) is 13.9 Å². The molecule has 1 aromatic rings. The number of hydrogen-bond acceptors (Lipinski definition) is 6.